The van der Waals surface area contributed by atoms with Gasteiger partial charge < -0.3 is 9.64 Å². The van der Waals surface area contributed by atoms with Gasteiger partial charge in [0.2, 0.25) is 0 Å². The Labute approximate surface area is 101 Å². The van der Waals surface area contributed by atoms with E-state index in [1.807, 2.05) is 0 Å². The Morgan fingerprint density at radius 3 is 2.87 bits per heavy atom. The summed E-state index contributed by atoms with van der Waals surface area (Å²) < 4.78 is 5.46. The summed E-state index contributed by atoms with van der Waals surface area (Å²) in [6, 6.07) is 0.703. The molecule has 0 aliphatic carbocycles. The normalized spacial score (nSPS) is 30.6. The van der Waals surface area contributed by atoms with Crippen LogP contribution >= 0.6 is 15.9 Å². The van der Waals surface area contributed by atoms with Gasteiger partial charge in [-0.2, -0.15) is 0 Å². The maximum Gasteiger partial charge on any atom is 0.0622 e. The number of alkyl halides is 1. The smallest absolute Gasteiger partial charge is 0.0622 e. The molecule has 0 N–H and O–H groups in total. The minimum atomic E-state index is 0.703. The van der Waals surface area contributed by atoms with E-state index in [2.05, 4.69) is 25.7 Å². The third kappa shape index (κ3) is 3.41. The monoisotopic (exact) mass is 276 g/mol. The summed E-state index contributed by atoms with van der Waals surface area (Å²) >= 11 is 3.52. The largest absolute Gasteiger partial charge is 0.380 e. The highest BCUT2D eigenvalue weighted by Gasteiger charge is 2.24. The second-order valence-electron chi connectivity index (χ2n) is 4.44. The highest BCUT2D eigenvalue weighted by atomic mass is 79.9. The molecule has 4 heteroatoms. The zero-order valence-electron chi connectivity index (χ0n) is 9.33. The lowest BCUT2D eigenvalue weighted by atomic mass is 10.2. The molecule has 2 saturated heterocycles. The van der Waals surface area contributed by atoms with Crippen molar-refractivity contribution in [2.45, 2.75) is 18.9 Å². The number of halogens is 1. The van der Waals surface area contributed by atoms with Gasteiger partial charge in [0.15, 0.2) is 0 Å². The minimum absolute atomic E-state index is 0.703. The van der Waals surface area contributed by atoms with E-state index in [9.17, 15) is 0 Å². The second kappa shape index (κ2) is 6.18. The van der Waals surface area contributed by atoms with Crippen LogP contribution in [0.4, 0.5) is 0 Å². The van der Waals surface area contributed by atoms with Gasteiger partial charge in [-0.05, 0) is 25.9 Å². The molecule has 1 unspecified atom stereocenters. The minimum Gasteiger partial charge on any atom is -0.380 e. The Bertz CT molecular complexity index is 185. The van der Waals surface area contributed by atoms with Gasteiger partial charge in [-0.3, -0.25) is 4.90 Å². The molecule has 3 nitrogen and oxygen atoms in total. The zero-order chi connectivity index (χ0) is 10.5. The second-order valence-corrected chi connectivity index (χ2v) is 5.23. The first-order valence-electron chi connectivity index (χ1n) is 6.00. The van der Waals surface area contributed by atoms with Gasteiger partial charge in [-0.1, -0.05) is 15.9 Å². The molecule has 88 valence electrons. The van der Waals surface area contributed by atoms with E-state index in [4.69, 9.17) is 4.74 Å². The molecular formula is C11H21BrN2O. The molecule has 0 saturated carbocycles. The van der Waals surface area contributed by atoms with Crippen molar-refractivity contribution in [1.29, 1.82) is 0 Å². The van der Waals surface area contributed by atoms with Crippen molar-refractivity contribution in [3.05, 3.63) is 0 Å². The predicted octanol–water partition coefficient (Wildman–Crippen LogP) is 1.18. The van der Waals surface area contributed by atoms with Crippen molar-refractivity contribution in [3.8, 4) is 0 Å². The van der Waals surface area contributed by atoms with E-state index in [1.54, 1.807) is 0 Å². The van der Waals surface area contributed by atoms with Crippen LogP contribution in [0.5, 0.6) is 0 Å². The molecule has 0 aromatic carbocycles. The maximum absolute atomic E-state index is 5.46. The molecule has 2 aliphatic heterocycles. The Hall–Kier alpha value is 0.360. The van der Waals surface area contributed by atoms with Crippen LogP contribution in [-0.2, 0) is 4.74 Å². The fourth-order valence-corrected chi connectivity index (χ4v) is 3.01. The van der Waals surface area contributed by atoms with E-state index in [0.717, 1.165) is 18.5 Å². The molecule has 0 spiro atoms. The lowest BCUT2D eigenvalue weighted by Crippen LogP contribution is -2.38. The Kier molecular flexibility index (Phi) is 4.88. The van der Waals surface area contributed by atoms with Gasteiger partial charge in [0.05, 0.1) is 6.61 Å². The molecule has 0 aromatic rings. The first-order valence-corrected chi connectivity index (χ1v) is 7.12. The highest BCUT2D eigenvalue weighted by Crippen LogP contribution is 2.14. The molecular weight excluding hydrogens is 256 g/mol. The molecule has 0 amide bonds. The van der Waals surface area contributed by atoms with Crippen molar-refractivity contribution < 1.29 is 4.74 Å². The molecule has 0 aromatic heterocycles. The van der Waals surface area contributed by atoms with Gasteiger partial charge in [-0.25, -0.2) is 0 Å². The molecule has 2 rings (SSSR count). The first-order chi connectivity index (χ1) is 7.40. The summed E-state index contributed by atoms with van der Waals surface area (Å²) in [4.78, 5) is 5.19. The topological polar surface area (TPSA) is 15.7 Å². The van der Waals surface area contributed by atoms with Crippen LogP contribution < -0.4 is 0 Å². The summed E-state index contributed by atoms with van der Waals surface area (Å²) in [6.45, 7) is 8.07. The summed E-state index contributed by atoms with van der Waals surface area (Å²) in [7, 11) is 0. The Balaban J connectivity index is 1.78. The van der Waals surface area contributed by atoms with E-state index < -0.39 is 0 Å². The Morgan fingerprint density at radius 2 is 2.13 bits per heavy atom. The molecule has 1 atom stereocenters. The average molecular weight is 277 g/mol. The fourth-order valence-electron chi connectivity index (χ4n) is 2.51. The van der Waals surface area contributed by atoms with E-state index in [-0.39, 0.29) is 0 Å². The molecule has 15 heavy (non-hydrogen) atoms. The fraction of sp³-hybridized carbons (Fsp3) is 1.00. The number of ether oxygens (including phenoxy) is 1. The van der Waals surface area contributed by atoms with E-state index in [1.165, 1.54) is 45.6 Å². The molecule has 2 heterocycles. The third-order valence-electron chi connectivity index (χ3n) is 3.45. The molecule has 2 fully saturated rings. The number of hydrogen-bond donors (Lipinski definition) is 0. The summed E-state index contributed by atoms with van der Waals surface area (Å²) in [5.74, 6) is 0. The van der Waals surface area contributed by atoms with Crippen LogP contribution in [-0.4, -0.2) is 67.1 Å². The summed E-state index contributed by atoms with van der Waals surface area (Å²) in [5.41, 5.74) is 0. The highest BCUT2D eigenvalue weighted by molar-refractivity contribution is 9.09. The van der Waals surface area contributed by atoms with Crippen LogP contribution in [0, 0.1) is 0 Å². The van der Waals surface area contributed by atoms with Crippen molar-refractivity contribution in [2.24, 2.45) is 0 Å². The molecule has 2 aliphatic rings. The van der Waals surface area contributed by atoms with Crippen LogP contribution in [0.25, 0.3) is 0 Å². The first kappa shape index (κ1) is 11.8. The average Bonchev–Trinajstić information content (AvgIpc) is 2.67. The van der Waals surface area contributed by atoms with Gasteiger partial charge >= 0.3 is 0 Å². The van der Waals surface area contributed by atoms with E-state index >= 15 is 0 Å². The standard InChI is InChI=1S/C11H21BrN2O/c12-3-6-13-4-1-5-14(8-7-13)11-2-9-15-10-11/h11H,1-10H2. The van der Waals surface area contributed by atoms with Crippen LogP contribution in [0.3, 0.4) is 0 Å². The maximum atomic E-state index is 5.46. The van der Waals surface area contributed by atoms with Gasteiger partial charge in [0.1, 0.15) is 0 Å². The summed E-state index contributed by atoms with van der Waals surface area (Å²) in [6.07, 6.45) is 2.54. The van der Waals surface area contributed by atoms with Crippen LogP contribution in [0.1, 0.15) is 12.8 Å². The van der Waals surface area contributed by atoms with Crippen molar-refractivity contribution in [3.63, 3.8) is 0 Å². The molecule has 0 radical (unpaired) electrons. The van der Waals surface area contributed by atoms with E-state index in [0.29, 0.717) is 6.04 Å². The number of nitrogens with zero attached hydrogens (tertiary/aromatic N) is 2. The van der Waals surface area contributed by atoms with Crippen LogP contribution in [0.15, 0.2) is 0 Å². The lowest BCUT2D eigenvalue weighted by molar-refractivity contribution is 0.145. The van der Waals surface area contributed by atoms with Crippen LogP contribution in [0.2, 0.25) is 0 Å². The van der Waals surface area contributed by atoms with Gasteiger partial charge in [-0.15, -0.1) is 0 Å². The summed E-state index contributed by atoms with van der Waals surface area (Å²) in [5, 5.41) is 1.10. The SMILES string of the molecule is BrCCN1CCCN(C2CCOC2)CC1. The molecule has 0 bridgehead atoms. The Morgan fingerprint density at radius 1 is 1.20 bits per heavy atom. The van der Waals surface area contributed by atoms with Crippen molar-refractivity contribution in [1.82, 2.24) is 9.80 Å². The van der Waals surface area contributed by atoms with Crippen molar-refractivity contribution in [2.75, 3.05) is 51.3 Å². The number of hydrogen-bond acceptors (Lipinski definition) is 3. The predicted molar refractivity (Wildman–Crippen MR) is 65.6 cm³/mol. The number of rotatable bonds is 3. The lowest BCUT2D eigenvalue weighted by Gasteiger charge is -2.26. The van der Waals surface area contributed by atoms with Gasteiger partial charge in [0, 0.05) is 37.6 Å². The van der Waals surface area contributed by atoms with Gasteiger partial charge in [0.25, 0.3) is 0 Å². The quantitative estimate of drug-likeness (QED) is 0.720. The van der Waals surface area contributed by atoms with Crippen molar-refractivity contribution >= 4 is 15.9 Å². The third-order valence-corrected chi connectivity index (χ3v) is 3.80. The zero-order valence-corrected chi connectivity index (χ0v) is 10.9.